The van der Waals surface area contributed by atoms with Gasteiger partial charge in [0.15, 0.2) is 31.5 Å². The first kappa shape index (κ1) is 58.1. The average molecular weight is 1100 g/mol. The molecular formula is C53H82O24. The average Bonchev–Trinajstić information content (AvgIpc) is 4.04. The minimum absolute atomic E-state index is 0.0680. The molecule has 10 rings (SSSR count). The maximum absolute atomic E-state index is 13.8. The molecule has 0 radical (unpaired) electrons. The van der Waals surface area contributed by atoms with Crippen LogP contribution in [-0.4, -0.2) is 234 Å². The van der Waals surface area contributed by atoms with Crippen LogP contribution in [0.1, 0.15) is 92.4 Å². The van der Waals surface area contributed by atoms with Crippen molar-refractivity contribution < 1.29 is 117 Å². The van der Waals surface area contributed by atoms with Crippen LogP contribution in [0, 0.1) is 23.2 Å². The van der Waals surface area contributed by atoms with Gasteiger partial charge in [-0.3, -0.25) is 4.79 Å². The zero-order valence-electron chi connectivity index (χ0n) is 44.8. The number of hydrogen-bond donors (Lipinski definition) is 8. The van der Waals surface area contributed by atoms with Crippen LogP contribution >= 0.6 is 0 Å². The van der Waals surface area contributed by atoms with E-state index in [0.29, 0.717) is 19.4 Å². The zero-order chi connectivity index (χ0) is 54.8. The van der Waals surface area contributed by atoms with Gasteiger partial charge >= 0.3 is 5.97 Å². The van der Waals surface area contributed by atoms with E-state index >= 15 is 0 Å². The van der Waals surface area contributed by atoms with E-state index in [1.807, 2.05) is 20.1 Å². The van der Waals surface area contributed by atoms with E-state index in [1.165, 1.54) is 12.7 Å². The van der Waals surface area contributed by atoms with E-state index in [4.69, 9.17) is 71.1 Å². The first-order valence-electron chi connectivity index (χ1n) is 27.6. The van der Waals surface area contributed by atoms with E-state index in [1.54, 1.807) is 21.0 Å². The molecule has 24 heteroatoms. The Bertz CT molecular complexity index is 2070. The predicted molar refractivity (Wildman–Crippen MR) is 258 cm³/mol. The van der Waals surface area contributed by atoms with Crippen molar-refractivity contribution in [3.63, 3.8) is 0 Å². The van der Waals surface area contributed by atoms with Crippen LogP contribution < -0.4 is 0 Å². The Morgan fingerprint density at radius 3 is 1.90 bits per heavy atom. The fourth-order valence-electron chi connectivity index (χ4n) is 14.0. The Kier molecular flexibility index (Phi) is 17.8. The van der Waals surface area contributed by atoms with Gasteiger partial charge in [-0.15, -0.1) is 0 Å². The van der Waals surface area contributed by atoms with Crippen LogP contribution in [-0.2, 0) is 75.8 Å². The molecule has 438 valence electrons. The summed E-state index contributed by atoms with van der Waals surface area (Å²) in [6.45, 7) is 8.47. The Morgan fingerprint density at radius 2 is 1.25 bits per heavy atom. The van der Waals surface area contributed by atoms with Crippen molar-refractivity contribution in [3.8, 4) is 0 Å². The number of aliphatic hydroxyl groups excluding tert-OH is 8. The molecule has 8 aliphatic heterocycles. The molecule has 8 fully saturated rings. The Labute approximate surface area is 447 Å². The molecule has 8 N–H and O–H groups in total. The number of allylic oxidation sites excluding steroid dienone is 1. The molecule has 0 amide bonds. The minimum Gasteiger partial charge on any atom is -0.469 e. The molecule has 1 saturated carbocycles. The van der Waals surface area contributed by atoms with Crippen molar-refractivity contribution in [2.45, 2.75) is 246 Å². The van der Waals surface area contributed by atoms with E-state index in [2.05, 4.69) is 13.0 Å². The highest BCUT2D eigenvalue weighted by molar-refractivity contribution is 5.74. The van der Waals surface area contributed by atoms with Gasteiger partial charge < -0.3 is 112 Å². The maximum atomic E-state index is 13.8. The third-order valence-electron chi connectivity index (χ3n) is 18.4. The summed E-state index contributed by atoms with van der Waals surface area (Å²) in [6, 6.07) is 0. The standard InChI is InChI=1S/C53H82O24/c1-22-45(74-38-17-32(64-7)47(24(3)69-38)76-51-44(61)42(59)48(34(19-55)73-51)77-50-43(60)41(58)40(57)33(18-54)72-50)30(56)15-36(67-22)75-46-23(2)68-37(16-31(46)63-6)70-27-12-13-52(4)26(14-27)9-10-28-29(52)11-8-25-20-65-53(5)39(25)35(21-66-53)71-49(28)62/h9,20,22-24,27-48,50-51,54-61H,8,10-19,21H2,1-7H3/t22-,23-,24+,27+,28-,29+,30+,31-,32-,33-,34-,35-,36+,37+,38+,39-,40-,41+,42-,43-,44-,45-,46-,47+,48-,50+,51+,52+,53+/m1/s1. The lowest BCUT2D eigenvalue weighted by molar-refractivity contribution is -0.376. The first-order valence-corrected chi connectivity index (χ1v) is 27.6. The lowest BCUT2D eigenvalue weighted by atomic mass is 9.55. The van der Waals surface area contributed by atoms with Gasteiger partial charge in [-0.05, 0) is 76.2 Å². The smallest absolute Gasteiger partial charge is 0.309 e. The molecule has 7 saturated heterocycles. The number of fused-ring (bicyclic) bond motifs is 3. The lowest BCUT2D eigenvalue weighted by Crippen LogP contribution is -2.65. The third kappa shape index (κ3) is 11.3. The molecule has 0 aromatic rings. The van der Waals surface area contributed by atoms with Crippen LogP contribution in [0.4, 0.5) is 0 Å². The summed E-state index contributed by atoms with van der Waals surface area (Å²) >= 11 is 0. The highest BCUT2D eigenvalue weighted by atomic mass is 16.8. The van der Waals surface area contributed by atoms with Crippen molar-refractivity contribution in [2.75, 3.05) is 34.0 Å². The van der Waals surface area contributed by atoms with Crippen LogP contribution in [0.15, 0.2) is 23.5 Å². The number of esters is 1. The number of hydrogen-bond acceptors (Lipinski definition) is 24. The van der Waals surface area contributed by atoms with Crippen LogP contribution in [0.3, 0.4) is 0 Å². The summed E-state index contributed by atoms with van der Waals surface area (Å²) in [5.74, 6) is -1.12. The molecule has 0 bridgehead atoms. The van der Waals surface area contributed by atoms with Gasteiger partial charge in [0.25, 0.3) is 0 Å². The van der Waals surface area contributed by atoms with E-state index < -0.39 is 154 Å². The van der Waals surface area contributed by atoms with Crippen molar-refractivity contribution in [2.24, 2.45) is 23.2 Å². The molecule has 24 nitrogen and oxygen atoms in total. The van der Waals surface area contributed by atoms with Gasteiger partial charge in [-0.25, -0.2) is 0 Å². The fourth-order valence-corrected chi connectivity index (χ4v) is 14.0. The van der Waals surface area contributed by atoms with Gasteiger partial charge in [-0.1, -0.05) is 18.6 Å². The number of carbonyl (C=O) groups excluding carboxylic acids is 1. The second-order valence-electron chi connectivity index (χ2n) is 23.2. The maximum Gasteiger partial charge on any atom is 0.309 e. The largest absolute Gasteiger partial charge is 0.469 e. The van der Waals surface area contributed by atoms with Crippen molar-refractivity contribution in [1.82, 2.24) is 0 Å². The van der Waals surface area contributed by atoms with E-state index in [-0.39, 0.29) is 54.2 Å². The summed E-state index contributed by atoms with van der Waals surface area (Å²) in [7, 11) is 3.08. The highest BCUT2D eigenvalue weighted by Gasteiger charge is 2.59. The molecule has 0 aromatic heterocycles. The quantitative estimate of drug-likeness (QED) is 0.0817. The third-order valence-corrected chi connectivity index (χ3v) is 18.4. The van der Waals surface area contributed by atoms with Crippen LogP contribution in [0.25, 0.3) is 0 Å². The summed E-state index contributed by atoms with van der Waals surface area (Å²) < 4.78 is 91.7. The van der Waals surface area contributed by atoms with Crippen LogP contribution in [0.2, 0.25) is 0 Å². The molecule has 0 aromatic carbocycles. The molecular weight excluding hydrogens is 1020 g/mol. The second kappa shape index (κ2) is 23.6. The Balaban J connectivity index is 0.690. The van der Waals surface area contributed by atoms with Gasteiger partial charge in [0.2, 0.25) is 5.79 Å². The monoisotopic (exact) mass is 1100 g/mol. The molecule has 0 unspecified atom stereocenters. The summed E-state index contributed by atoms with van der Waals surface area (Å²) in [5.41, 5.74) is 2.30. The van der Waals surface area contributed by atoms with Gasteiger partial charge in [0.05, 0.1) is 80.6 Å². The number of aliphatic hydroxyl groups is 8. The molecule has 10 aliphatic rings. The normalized spacial score (nSPS) is 52.1. The number of carbonyl (C=O) groups is 1. The van der Waals surface area contributed by atoms with Gasteiger partial charge in [0.1, 0.15) is 73.2 Å². The number of ether oxygens (including phenoxy) is 15. The van der Waals surface area contributed by atoms with Gasteiger partial charge in [-0.2, -0.15) is 0 Å². The molecule has 77 heavy (non-hydrogen) atoms. The van der Waals surface area contributed by atoms with Crippen LogP contribution in [0.5, 0.6) is 0 Å². The summed E-state index contributed by atoms with van der Waals surface area (Å²) in [4.78, 5) is 13.8. The topological polar surface area (TPSA) is 317 Å². The molecule has 0 spiro atoms. The van der Waals surface area contributed by atoms with E-state index in [0.717, 1.165) is 37.7 Å². The van der Waals surface area contributed by atoms with Crippen molar-refractivity contribution >= 4 is 5.97 Å². The zero-order valence-corrected chi connectivity index (χ0v) is 44.8. The SMILES string of the molecule is CO[C@@H]1C[C@H](O[C@H]2CC[C@@]3(C)C(=CC[C@H]4C(=O)O[C@@H]5CO[C@]6(C)OC=C(CC[C@@H]43)[C@H]56)C2)O[C@H](C)[C@H]1O[C@H]1C[C@H](O)[C@H](O[C@H]2C[C@@H](OC)[C@@H](O[C@@H]3O[C@H](CO)[C@@H](O[C@@H]4O[C@H](CO)[C@@H](O)[C@H](O)[C@H]4O)[C@H](O)[C@H]3O)[C@H](C)O2)[C@@H](C)O1. The molecule has 2 aliphatic carbocycles. The fraction of sp³-hybridized carbons (Fsp3) is 0.906. The minimum atomic E-state index is -1.81. The van der Waals surface area contributed by atoms with E-state index in [9.17, 15) is 45.6 Å². The van der Waals surface area contributed by atoms with Gasteiger partial charge in [0, 0.05) is 40.4 Å². The number of rotatable bonds is 14. The molecule has 8 heterocycles. The second-order valence-corrected chi connectivity index (χ2v) is 23.2. The Hall–Kier alpha value is -2.09. The summed E-state index contributed by atoms with van der Waals surface area (Å²) in [6.07, 6.45) is -15.8. The predicted octanol–water partition coefficient (Wildman–Crippen LogP) is -0.318. The Morgan fingerprint density at radius 1 is 0.662 bits per heavy atom. The van der Waals surface area contributed by atoms with Crippen molar-refractivity contribution in [3.05, 3.63) is 23.5 Å². The lowest BCUT2D eigenvalue weighted by Gasteiger charge is -2.51. The van der Waals surface area contributed by atoms with Crippen molar-refractivity contribution in [1.29, 1.82) is 0 Å². The first-order chi connectivity index (χ1) is 36.8. The summed E-state index contributed by atoms with van der Waals surface area (Å²) in [5, 5.41) is 84.6. The highest BCUT2D eigenvalue weighted by Crippen LogP contribution is 2.57. The molecule has 29 atom stereocenters. The number of methoxy groups -OCH3 is 2.